The number of nitrogens with two attached hydrogens (primary N) is 1. The van der Waals surface area contributed by atoms with Gasteiger partial charge in [-0.2, -0.15) is 5.26 Å². The van der Waals surface area contributed by atoms with Gasteiger partial charge in [0.05, 0.1) is 17.6 Å². The number of nitrogens with zero attached hydrogens (tertiary/aromatic N) is 2. The van der Waals surface area contributed by atoms with Crippen LogP contribution in [-0.2, 0) is 4.79 Å². The topological polar surface area (TPSA) is 70.1 Å². The zero-order chi connectivity index (χ0) is 22.3. The molecule has 0 bridgehead atoms. The van der Waals surface area contributed by atoms with Gasteiger partial charge in [0.1, 0.15) is 5.82 Å². The molecule has 4 rings (SSSR count). The highest BCUT2D eigenvalue weighted by molar-refractivity contribution is 7.99. The molecular formula is C24H24ClN3OS2. The Morgan fingerprint density at radius 3 is 2.65 bits per heavy atom. The van der Waals surface area contributed by atoms with E-state index in [1.165, 1.54) is 0 Å². The average molecular weight is 470 g/mol. The Balaban J connectivity index is 1.98. The standard InChI is InChI=1S/C24H24ClN3OS2/c1-4-30-19-9-10-31-22(19)20-16(13-26)23(27)28(15-7-5-14(25)6-8-15)17-11-24(2,3)12-18(29)21(17)20/h5-10,20H,4,11-12,27H2,1-3H3/t20-/m1/s1. The predicted molar refractivity (Wildman–Crippen MR) is 129 cm³/mol. The van der Waals surface area contributed by atoms with Crippen LogP contribution in [0.15, 0.2) is 63.3 Å². The summed E-state index contributed by atoms with van der Waals surface area (Å²) in [7, 11) is 0. The van der Waals surface area contributed by atoms with E-state index in [0.717, 1.165) is 26.9 Å². The highest BCUT2D eigenvalue weighted by atomic mass is 35.5. The highest BCUT2D eigenvalue weighted by Crippen LogP contribution is 2.52. The number of hydrogen-bond donors (Lipinski definition) is 1. The smallest absolute Gasteiger partial charge is 0.162 e. The first-order chi connectivity index (χ1) is 14.8. The molecular weight excluding hydrogens is 446 g/mol. The van der Waals surface area contributed by atoms with Gasteiger partial charge in [0.2, 0.25) is 0 Å². The fourth-order valence-electron chi connectivity index (χ4n) is 4.45. The molecule has 2 N–H and O–H groups in total. The molecule has 31 heavy (non-hydrogen) atoms. The van der Waals surface area contributed by atoms with Gasteiger partial charge in [-0.25, -0.2) is 0 Å². The van der Waals surface area contributed by atoms with Gasteiger partial charge in [0, 0.05) is 38.2 Å². The summed E-state index contributed by atoms with van der Waals surface area (Å²) in [6.07, 6.45) is 1.16. The van der Waals surface area contributed by atoms with E-state index in [1.807, 2.05) is 22.4 Å². The molecule has 0 amide bonds. The van der Waals surface area contributed by atoms with Crippen LogP contribution in [0.4, 0.5) is 5.69 Å². The number of thiophene rings is 1. The van der Waals surface area contributed by atoms with E-state index in [4.69, 9.17) is 17.3 Å². The first kappa shape index (κ1) is 22.0. The SMILES string of the molecule is CCSc1ccsc1[C@@H]1C(C#N)=C(N)N(c2ccc(Cl)cc2)C2=C1C(=O)CC(C)(C)C2. The number of allylic oxidation sites excluding steroid dienone is 3. The number of carbonyl (C=O) groups excluding carboxylic acids is 1. The summed E-state index contributed by atoms with van der Waals surface area (Å²) in [5.74, 6) is 0.985. The number of nitriles is 1. The van der Waals surface area contributed by atoms with Crippen LogP contribution in [0.1, 0.15) is 44.4 Å². The molecule has 160 valence electrons. The number of Topliss-reactive ketones (excluding diaryl/α,β-unsaturated/α-hetero) is 1. The maximum atomic E-state index is 13.5. The number of benzene rings is 1. The van der Waals surface area contributed by atoms with Crippen LogP contribution in [0.3, 0.4) is 0 Å². The number of rotatable bonds is 4. The predicted octanol–water partition coefficient (Wildman–Crippen LogP) is 6.45. The van der Waals surface area contributed by atoms with Crippen LogP contribution in [0.5, 0.6) is 0 Å². The van der Waals surface area contributed by atoms with Crippen molar-refractivity contribution >= 4 is 46.2 Å². The van der Waals surface area contributed by atoms with E-state index in [9.17, 15) is 10.1 Å². The fourth-order valence-corrected chi connectivity index (χ4v) is 6.63. The second-order valence-corrected chi connectivity index (χ2v) is 11.2. The van der Waals surface area contributed by atoms with Crippen molar-refractivity contribution in [1.29, 1.82) is 5.26 Å². The van der Waals surface area contributed by atoms with Crippen molar-refractivity contribution in [1.82, 2.24) is 0 Å². The number of carbonyl (C=O) groups is 1. The van der Waals surface area contributed by atoms with E-state index < -0.39 is 5.92 Å². The molecule has 4 nitrogen and oxygen atoms in total. The molecule has 0 radical (unpaired) electrons. The Labute approximate surface area is 196 Å². The molecule has 0 spiro atoms. The van der Waals surface area contributed by atoms with Gasteiger partial charge < -0.3 is 5.73 Å². The molecule has 2 heterocycles. The first-order valence-corrected chi connectivity index (χ1v) is 12.4. The Bertz CT molecular complexity index is 1140. The quantitative estimate of drug-likeness (QED) is 0.520. The third-order valence-corrected chi connectivity index (χ3v) is 8.00. The lowest BCUT2D eigenvalue weighted by molar-refractivity contribution is -0.118. The Morgan fingerprint density at radius 1 is 1.29 bits per heavy atom. The lowest BCUT2D eigenvalue weighted by Gasteiger charge is -2.43. The Hall–Kier alpha value is -2.20. The van der Waals surface area contributed by atoms with Crippen LogP contribution >= 0.6 is 34.7 Å². The van der Waals surface area contributed by atoms with Gasteiger partial charge in [-0.15, -0.1) is 23.1 Å². The molecule has 1 atom stereocenters. The normalized spacial score (nSPS) is 20.7. The van der Waals surface area contributed by atoms with Crippen molar-refractivity contribution in [3.05, 3.63) is 68.3 Å². The largest absolute Gasteiger partial charge is 0.384 e. The molecule has 1 aliphatic heterocycles. The molecule has 7 heteroatoms. The maximum absolute atomic E-state index is 13.5. The molecule has 2 aliphatic rings. The van der Waals surface area contributed by atoms with Crippen molar-refractivity contribution in [2.45, 2.75) is 44.4 Å². The molecule has 0 unspecified atom stereocenters. The molecule has 2 aromatic rings. The third-order valence-electron chi connectivity index (χ3n) is 5.69. The molecule has 1 aliphatic carbocycles. The van der Waals surface area contributed by atoms with Gasteiger partial charge >= 0.3 is 0 Å². The summed E-state index contributed by atoms with van der Waals surface area (Å²) in [6.45, 7) is 6.31. The average Bonchev–Trinajstić information content (AvgIpc) is 3.15. The molecule has 1 aromatic carbocycles. The third kappa shape index (κ3) is 3.91. The van der Waals surface area contributed by atoms with Crippen LogP contribution < -0.4 is 10.6 Å². The van der Waals surface area contributed by atoms with Crippen molar-refractivity contribution in [2.75, 3.05) is 10.7 Å². The summed E-state index contributed by atoms with van der Waals surface area (Å²) in [6, 6.07) is 11.8. The van der Waals surface area contributed by atoms with Crippen molar-refractivity contribution < 1.29 is 4.79 Å². The summed E-state index contributed by atoms with van der Waals surface area (Å²) < 4.78 is 0. The second kappa shape index (κ2) is 8.38. The fraction of sp³-hybridized carbons (Fsp3) is 0.333. The lowest BCUT2D eigenvalue weighted by Crippen LogP contribution is -2.42. The van der Waals surface area contributed by atoms with Gasteiger partial charge in [0.15, 0.2) is 5.78 Å². The minimum absolute atomic E-state index is 0.0938. The van der Waals surface area contributed by atoms with Crippen LogP contribution in [0, 0.1) is 16.7 Å². The van der Waals surface area contributed by atoms with Crippen LogP contribution in [0.2, 0.25) is 5.02 Å². The highest BCUT2D eigenvalue weighted by Gasteiger charge is 2.45. The number of hydrogen-bond acceptors (Lipinski definition) is 6. The Morgan fingerprint density at radius 2 is 2.00 bits per heavy atom. The van der Waals surface area contributed by atoms with E-state index in [0.29, 0.717) is 34.8 Å². The molecule has 0 saturated carbocycles. The number of ketones is 1. The van der Waals surface area contributed by atoms with Gasteiger partial charge in [-0.05, 0) is 53.3 Å². The summed E-state index contributed by atoms with van der Waals surface area (Å²) >= 11 is 9.43. The van der Waals surface area contributed by atoms with Crippen molar-refractivity contribution in [3.8, 4) is 6.07 Å². The van der Waals surface area contributed by atoms with E-state index >= 15 is 0 Å². The maximum Gasteiger partial charge on any atom is 0.162 e. The molecule has 0 saturated heterocycles. The van der Waals surface area contributed by atoms with Crippen LogP contribution in [-0.4, -0.2) is 11.5 Å². The zero-order valence-corrected chi connectivity index (χ0v) is 20.1. The van der Waals surface area contributed by atoms with Crippen LogP contribution in [0.25, 0.3) is 0 Å². The van der Waals surface area contributed by atoms with Gasteiger partial charge in [-0.3, -0.25) is 9.69 Å². The van der Waals surface area contributed by atoms with Crippen molar-refractivity contribution in [3.63, 3.8) is 0 Å². The lowest BCUT2D eigenvalue weighted by atomic mass is 9.69. The number of anilines is 1. The monoisotopic (exact) mass is 469 g/mol. The Kier molecular flexibility index (Phi) is 5.95. The van der Waals surface area contributed by atoms with Crippen molar-refractivity contribution in [2.24, 2.45) is 11.1 Å². The summed E-state index contributed by atoms with van der Waals surface area (Å²) in [5.41, 5.74) is 9.32. The second-order valence-electron chi connectivity index (χ2n) is 8.54. The van der Waals surface area contributed by atoms with Gasteiger partial charge in [-0.1, -0.05) is 32.4 Å². The molecule has 0 fully saturated rings. The minimum atomic E-state index is -0.416. The van der Waals surface area contributed by atoms with E-state index in [2.05, 4.69) is 32.9 Å². The molecule has 1 aromatic heterocycles. The minimum Gasteiger partial charge on any atom is -0.384 e. The summed E-state index contributed by atoms with van der Waals surface area (Å²) in [5, 5.41) is 12.8. The number of thioether (sulfide) groups is 1. The first-order valence-electron chi connectivity index (χ1n) is 10.2. The summed E-state index contributed by atoms with van der Waals surface area (Å²) in [4.78, 5) is 17.6. The number of halogens is 1. The zero-order valence-electron chi connectivity index (χ0n) is 17.7. The van der Waals surface area contributed by atoms with E-state index in [-0.39, 0.29) is 11.2 Å². The van der Waals surface area contributed by atoms with E-state index in [1.54, 1.807) is 35.2 Å². The van der Waals surface area contributed by atoms with Gasteiger partial charge in [0.25, 0.3) is 0 Å².